The Balaban J connectivity index is 2.05. The molecule has 0 unspecified atom stereocenters. The quantitative estimate of drug-likeness (QED) is 0.748. The SMILES string of the molecule is COC=C1CCC(c2ccc(OC)c(Cl)c2)CC1. The highest BCUT2D eigenvalue weighted by atomic mass is 35.5. The Morgan fingerprint density at radius 3 is 2.50 bits per heavy atom. The lowest BCUT2D eigenvalue weighted by atomic mass is 9.82. The van der Waals surface area contributed by atoms with Crippen molar-refractivity contribution < 1.29 is 9.47 Å². The molecular weight excluding hydrogens is 248 g/mol. The number of benzene rings is 1. The number of rotatable bonds is 3. The van der Waals surface area contributed by atoms with Gasteiger partial charge in [-0.05, 0) is 54.9 Å². The second-order valence-electron chi connectivity index (χ2n) is 4.68. The van der Waals surface area contributed by atoms with Gasteiger partial charge in [-0.2, -0.15) is 0 Å². The van der Waals surface area contributed by atoms with Crippen molar-refractivity contribution in [1.82, 2.24) is 0 Å². The summed E-state index contributed by atoms with van der Waals surface area (Å²) in [5, 5.41) is 0.702. The van der Waals surface area contributed by atoms with Gasteiger partial charge in [0, 0.05) is 0 Å². The molecule has 3 heteroatoms. The van der Waals surface area contributed by atoms with Crippen LogP contribution in [0.2, 0.25) is 5.02 Å². The third-order valence-electron chi connectivity index (χ3n) is 3.56. The summed E-state index contributed by atoms with van der Waals surface area (Å²) < 4.78 is 10.3. The fraction of sp³-hybridized carbons (Fsp3) is 0.467. The van der Waals surface area contributed by atoms with Crippen LogP contribution in [0.25, 0.3) is 0 Å². The molecule has 2 nitrogen and oxygen atoms in total. The van der Waals surface area contributed by atoms with Crippen LogP contribution in [-0.4, -0.2) is 14.2 Å². The van der Waals surface area contributed by atoms with E-state index in [2.05, 4.69) is 6.07 Å². The number of hydrogen-bond donors (Lipinski definition) is 0. The summed E-state index contributed by atoms with van der Waals surface area (Å²) in [7, 11) is 3.35. The van der Waals surface area contributed by atoms with Gasteiger partial charge in [0.05, 0.1) is 25.5 Å². The maximum absolute atomic E-state index is 6.17. The Morgan fingerprint density at radius 1 is 1.22 bits per heavy atom. The predicted octanol–water partition coefficient (Wildman–Crippen LogP) is 4.54. The maximum Gasteiger partial charge on any atom is 0.137 e. The first-order valence-corrected chi connectivity index (χ1v) is 6.66. The molecule has 98 valence electrons. The molecular formula is C15H19ClO2. The summed E-state index contributed by atoms with van der Waals surface area (Å²) in [6.45, 7) is 0. The lowest BCUT2D eigenvalue weighted by molar-refractivity contribution is 0.326. The van der Waals surface area contributed by atoms with Crippen molar-refractivity contribution in [3.05, 3.63) is 40.6 Å². The number of methoxy groups -OCH3 is 2. The molecule has 0 aliphatic heterocycles. The largest absolute Gasteiger partial charge is 0.504 e. The maximum atomic E-state index is 6.17. The summed E-state index contributed by atoms with van der Waals surface area (Å²) in [6.07, 6.45) is 6.44. The van der Waals surface area contributed by atoms with Crippen LogP contribution in [0.4, 0.5) is 0 Å². The van der Waals surface area contributed by atoms with Crippen LogP contribution in [0.1, 0.15) is 37.2 Å². The van der Waals surface area contributed by atoms with Crippen molar-refractivity contribution in [3.8, 4) is 5.75 Å². The molecule has 0 heterocycles. The van der Waals surface area contributed by atoms with Gasteiger partial charge in [-0.15, -0.1) is 0 Å². The molecule has 0 N–H and O–H groups in total. The van der Waals surface area contributed by atoms with Crippen molar-refractivity contribution >= 4 is 11.6 Å². The monoisotopic (exact) mass is 266 g/mol. The van der Waals surface area contributed by atoms with E-state index in [1.807, 2.05) is 18.4 Å². The zero-order valence-corrected chi connectivity index (χ0v) is 11.7. The van der Waals surface area contributed by atoms with Crippen LogP contribution >= 0.6 is 11.6 Å². The first-order valence-electron chi connectivity index (χ1n) is 6.28. The minimum absolute atomic E-state index is 0.599. The molecule has 2 rings (SSSR count). The van der Waals surface area contributed by atoms with Crippen molar-refractivity contribution in [2.45, 2.75) is 31.6 Å². The molecule has 1 fully saturated rings. The van der Waals surface area contributed by atoms with Gasteiger partial charge in [-0.25, -0.2) is 0 Å². The van der Waals surface area contributed by atoms with Crippen LogP contribution in [0.15, 0.2) is 30.0 Å². The number of hydrogen-bond acceptors (Lipinski definition) is 2. The molecule has 1 saturated carbocycles. The van der Waals surface area contributed by atoms with Crippen LogP contribution in [0.5, 0.6) is 5.75 Å². The Bertz CT molecular complexity index is 430. The fourth-order valence-electron chi connectivity index (χ4n) is 2.54. The Labute approximate surface area is 114 Å². The highest BCUT2D eigenvalue weighted by molar-refractivity contribution is 6.32. The smallest absolute Gasteiger partial charge is 0.137 e. The van der Waals surface area contributed by atoms with E-state index in [0.717, 1.165) is 31.4 Å². The normalized spacial score (nSPS) is 19.5. The van der Waals surface area contributed by atoms with Crippen molar-refractivity contribution in [2.24, 2.45) is 0 Å². The standard InChI is InChI=1S/C15H19ClO2/c1-17-10-11-3-5-12(6-4-11)13-7-8-15(18-2)14(16)9-13/h7-10,12H,3-6H2,1-2H3. The average molecular weight is 267 g/mol. The van der Waals surface area contributed by atoms with Crippen LogP contribution in [-0.2, 0) is 4.74 Å². The minimum atomic E-state index is 0.599. The van der Waals surface area contributed by atoms with Crippen molar-refractivity contribution in [1.29, 1.82) is 0 Å². The fourth-order valence-corrected chi connectivity index (χ4v) is 2.81. The van der Waals surface area contributed by atoms with E-state index in [0.29, 0.717) is 10.9 Å². The van der Waals surface area contributed by atoms with E-state index >= 15 is 0 Å². The summed E-state index contributed by atoms with van der Waals surface area (Å²) in [6, 6.07) is 6.12. The van der Waals surface area contributed by atoms with Crippen molar-refractivity contribution in [2.75, 3.05) is 14.2 Å². The topological polar surface area (TPSA) is 18.5 Å². The second kappa shape index (κ2) is 6.14. The van der Waals surface area contributed by atoms with E-state index in [1.54, 1.807) is 14.2 Å². The molecule has 0 bridgehead atoms. The predicted molar refractivity (Wildman–Crippen MR) is 74.3 cm³/mol. The third kappa shape index (κ3) is 2.99. The van der Waals surface area contributed by atoms with Crippen LogP contribution in [0.3, 0.4) is 0 Å². The Hall–Kier alpha value is -1.15. The zero-order valence-electron chi connectivity index (χ0n) is 10.9. The molecule has 1 aromatic carbocycles. The summed E-state index contributed by atoms with van der Waals surface area (Å²) in [4.78, 5) is 0. The molecule has 0 radical (unpaired) electrons. The van der Waals surface area contributed by atoms with Gasteiger partial charge < -0.3 is 9.47 Å². The lowest BCUT2D eigenvalue weighted by Crippen LogP contribution is -2.07. The van der Waals surface area contributed by atoms with E-state index in [9.17, 15) is 0 Å². The summed E-state index contributed by atoms with van der Waals surface area (Å²) in [5.74, 6) is 1.35. The Morgan fingerprint density at radius 2 is 1.94 bits per heavy atom. The molecule has 18 heavy (non-hydrogen) atoms. The van der Waals surface area contributed by atoms with Crippen LogP contribution < -0.4 is 4.74 Å². The number of ether oxygens (including phenoxy) is 2. The molecule has 0 aromatic heterocycles. The number of allylic oxidation sites excluding steroid dienone is 1. The van der Waals surface area contributed by atoms with Gasteiger partial charge in [0.2, 0.25) is 0 Å². The molecule has 1 aromatic rings. The average Bonchev–Trinajstić information content (AvgIpc) is 2.40. The highest BCUT2D eigenvalue weighted by Crippen LogP contribution is 2.37. The van der Waals surface area contributed by atoms with Gasteiger partial charge >= 0.3 is 0 Å². The van der Waals surface area contributed by atoms with E-state index in [4.69, 9.17) is 21.1 Å². The summed E-state index contributed by atoms with van der Waals surface area (Å²) in [5.41, 5.74) is 2.73. The van der Waals surface area contributed by atoms with Gasteiger partial charge in [0.15, 0.2) is 0 Å². The van der Waals surface area contributed by atoms with Gasteiger partial charge in [-0.1, -0.05) is 17.7 Å². The van der Waals surface area contributed by atoms with E-state index < -0.39 is 0 Å². The van der Waals surface area contributed by atoms with E-state index in [-0.39, 0.29) is 0 Å². The molecule has 0 saturated heterocycles. The molecule has 0 amide bonds. The molecule has 1 aliphatic rings. The molecule has 0 spiro atoms. The van der Waals surface area contributed by atoms with E-state index in [1.165, 1.54) is 11.1 Å². The first kappa shape index (κ1) is 13.3. The lowest BCUT2D eigenvalue weighted by Gasteiger charge is -2.24. The van der Waals surface area contributed by atoms with Crippen LogP contribution in [0, 0.1) is 0 Å². The molecule has 0 atom stereocenters. The first-order chi connectivity index (χ1) is 8.74. The highest BCUT2D eigenvalue weighted by Gasteiger charge is 2.19. The Kier molecular flexibility index (Phi) is 4.54. The number of halogens is 1. The van der Waals surface area contributed by atoms with Gasteiger partial charge in [0.25, 0.3) is 0 Å². The zero-order chi connectivity index (χ0) is 13.0. The summed E-state index contributed by atoms with van der Waals surface area (Å²) >= 11 is 6.17. The third-order valence-corrected chi connectivity index (χ3v) is 3.85. The minimum Gasteiger partial charge on any atom is -0.504 e. The van der Waals surface area contributed by atoms with Gasteiger partial charge in [-0.3, -0.25) is 0 Å². The molecule has 1 aliphatic carbocycles. The van der Waals surface area contributed by atoms with Gasteiger partial charge in [0.1, 0.15) is 5.75 Å². The second-order valence-corrected chi connectivity index (χ2v) is 5.09. The van der Waals surface area contributed by atoms with Crippen molar-refractivity contribution in [3.63, 3.8) is 0 Å².